The second-order valence-electron chi connectivity index (χ2n) is 3.82. The molecule has 0 unspecified atom stereocenters. The highest BCUT2D eigenvalue weighted by Crippen LogP contribution is 2.18. The lowest BCUT2D eigenvalue weighted by Gasteiger charge is -2.09. The first kappa shape index (κ1) is 12.1. The van der Waals surface area contributed by atoms with Crippen molar-refractivity contribution < 1.29 is 4.74 Å². The molecule has 0 aliphatic heterocycles. The highest BCUT2D eigenvalue weighted by atomic mass is 16.5. The molecule has 0 bridgehead atoms. The summed E-state index contributed by atoms with van der Waals surface area (Å²) < 4.78 is 5.70. The Hall–Kier alpha value is -1.02. The zero-order valence-corrected chi connectivity index (χ0v) is 9.97. The largest absolute Gasteiger partial charge is 0.493 e. The van der Waals surface area contributed by atoms with Crippen molar-refractivity contribution in [3.63, 3.8) is 0 Å². The molecule has 1 aromatic carbocycles. The molecule has 2 heteroatoms. The van der Waals surface area contributed by atoms with Gasteiger partial charge in [-0.1, -0.05) is 24.6 Å². The van der Waals surface area contributed by atoms with Gasteiger partial charge in [0, 0.05) is 0 Å². The number of aryl methyl sites for hydroxylation is 2. The van der Waals surface area contributed by atoms with E-state index in [2.05, 4.69) is 44.3 Å². The highest BCUT2D eigenvalue weighted by molar-refractivity contribution is 5.35. The van der Waals surface area contributed by atoms with Crippen LogP contribution >= 0.6 is 0 Å². The zero-order chi connectivity index (χ0) is 11.1. The van der Waals surface area contributed by atoms with Crippen molar-refractivity contribution in [3.05, 3.63) is 29.3 Å². The van der Waals surface area contributed by atoms with Crippen LogP contribution < -0.4 is 10.1 Å². The van der Waals surface area contributed by atoms with E-state index in [1.807, 2.05) is 0 Å². The summed E-state index contributed by atoms with van der Waals surface area (Å²) in [6, 6.07) is 6.30. The summed E-state index contributed by atoms with van der Waals surface area (Å²) in [7, 11) is 0. The van der Waals surface area contributed by atoms with Crippen LogP contribution in [0, 0.1) is 13.8 Å². The van der Waals surface area contributed by atoms with Gasteiger partial charge in [0.05, 0.1) is 6.61 Å². The van der Waals surface area contributed by atoms with Crippen molar-refractivity contribution >= 4 is 0 Å². The SMILES string of the molecule is CCNCCCOc1ccc(C)cc1C. The predicted octanol–water partition coefficient (Wildman–Crippen LogP) is 2.68. The molecule has 84 valence electrons. The second-order valence-corrected chi connectivity index (χ2v) is 3.82. The van der Waals surface area contributed by atoms with E-state index in [1.165, 1.54) is 11.1 Å². The van der Waals surface area contributed by atoms with Crippen molar-refractivity contribution in [2.75, 3.05) is 19.7 Å². The summed E-state index contributed by atoms with van der Waals surface area (Å²) in [5.74, 6) is 1.01. The van der Waals surface area contributed by atoms with Gasteiger partial charge in [0.25, 0.3) is 0 Å². The average Bonchev–Trinajstić information content (AvgIpc) is 2.20. The molecule has 15 heavy (non-hydrogen) atoms. The Morgan fingerprint density at radius 1 is 1.27 bits per heavy atom. The molecule has 0 amide bonds. The van der Waals surface area contributed by atoms with Gasteiger partial charge in [0.1, 0.15) is 5.75 Å². The average molecular weight is 207 g/mol. The normalized spacial score (nSPS) is 10.3. The van der Waals surface area contributed by atoms with Gasteiger partial charge in [-0.2, -0.15) is 0 Å². The number of nitrogens with one attached hydrogen (secondary N) is 1. The molecule has 0 saturated heterocycles. The van der Waals surface area contributed by atoms with E-state index in [0.29, 0.717) is 0 Å². The van der Waals surface area contributed by atoms with E-state index in [0.717, 1.165) is 31.9 Å². The van der Waals surface area contributed by atoms with Crippen molar-refractivity contribution in [2.45, 2.75) is 27.2 Å². The maximum atomic E-state index is 5.70. The Balaban J connectivity index is 2.31. The molecule has 0 fully saturated rings. The molecule has 0 aliphatic carbocycles. The van der Waals surface area contributed by atoms with E-state index in [4.69, 9.17) is 4.74 Å². The third-order valence-electron chi connectivity index (χ3n) is 2.34. The van der Waals surface area contributed by atoms with E-state index < -0.39 is 0 Å². The van der Waals surface area contributed by atoms with Crippen molar-refractivity contribution in [1.29, 1.82) is 0 Å². The number of ether oxygens (including phenoxy) is 1. The summed E-state index contributed by atoms with van der Waals surface area (Å²) in [4.78, 5) is 0. The molecule has 1 N–H and O–H groups in total. The minimum absolute atomic E-state index is 0.789. The summed E-state index contributed by atoms with van der Waals surface area (Å²) in [6.45, 7) is 9.15. The molecule has 0 radical (unpaired) electrons. The zero-order valence-electron chi connectivity index (χ0n) is 9.97. The second kappa shape index (κ2) is 6.46. The summed E-state index contributed by atoms with van der Waals surface area (Å²) >= 11 is 0. The van der Waals surface area contributed by atoms with Gasteiger partial charge in [0.2, 0.25) is 0 Å². The van der Waals surface area contributed by atoms with Crippen LogP contribution in [0.1, 0.15) is 24.5 Å². The van der Waals surface area contributed by atoms with Gasteiger partial charge in [-0.25, -0.2) is 0 Å². The number of hydrogen-bond acceptors (Lipinski definition) is 2. The van der Waals surface area contributed by atoms with Crippen LogP contribution in [0.5, 0.6) is 5.75 Å². The molecule has 1 aromatic rings. The fourth-order valence-corrected chi connectivity index (χ4v) is 1.52. The standard InChI is InChI=1S/C13H21NO/c1-4-14-8-5-9-15-13-7-6-11(2)10-12(13)3/h6-7,10,14H,4-5,8-9H2,1-3H3. The Morgan fingerprint density at radius 3 is 2.73 bits per heavy atom. The molecule has 0 atom stereocenters. The molecule has 2 nitrogen and oxygen atoms in total. The number of hydrogen-bond donors (Lipinski definition) is 1. The Labute approximate surface area is 92.6 Å². The van der Waals surface area contributed by atoms with Gasteiger partial charge < -0.3 is 10.1 Å². The first-order valence-electron chi connectivity index (χ1n) is 5.65. The molecular weight excluding hydrogens is 186 g/mol. The third-order valence-corrected chi connectivity index (χ3v) is 2.34. The van der Waals surface area contributed by atoms with Gasteiger partial charge in [-0.3, -0.25) is 0 Å². The maximum absolute atomic E-state index is 5.70. The van der Waals surface area contributed by atoms with E-state index in [9.17, 15) is 0 Å². The van der Waals surface area contributed by atoms with E-state index >= 15 is 0 Å². The van der Waals surface area contributed by atoms with Crippen LogP contribution in [-0.2, 0) is 0 Å². The molecule has 1 rings (SSSR count). The highest BCUT2D eigenvalue weighted by Gasteiger charge is 1.98. The van der Waals surface area contributed by atoms with Crippen LogP contribution in [-0.4, -0.2) is 19.7 Å². The smallest absolute Gasteiger partial charge is 0.122 e. The lowest BCUT2D eigenvalue weighted by atomic mass is 10.1. The monoisotopic (exact) mass is 207 g/mol. The molecule has 0 saturated carbocycles. The lowest BCUT2D eigenvalue weighted by molar-refractivity contribution is 0.306. The van der Waals surface area contributed by atoms with Crippen LogP contribution in [0.15, 0.2) is 18.2 Å². The van der Waals surface area contributed by atoms with E-state index in [-0.39, 0.29) is 0 Å². The fourth-order valence-electron chi connectivity index (χ4n) is 1.52. The van der Waals surface area contributed by atoms with Gasteiger partial charge >= 0.3 is 0 Å². The van der Waals surface area contributed by atoms with Gasteiger partial charge in [-0.15, -0.1) is 0 Å². The predicted molar refractivity (Wildman–Crippen MR) is 64.6 cm³/mol. The van der Waals surface area contributed by atoms with E-state index in [1.54, 1.807) is 0 Å². The van der Waals surface area contributed by atoms with Gasteiger partial charge in [0.15, 0.2) is 0 Å². The van der Waals surface area contributed by atoms with Crippen molar-refractivity contribution in [1.82, 2.24) is 5.32 Å². The topological polar surface area (TPSA) is 21.3 Å². The first-order valence-corrected chi connectivity index (χ1v) is 5.65. The molecule has 0 aromatic heterocycles. The van der Waals surface area contributed by atoms with Crippen LogP contribution in [0.4, 0.5) is 0 Å². The number of benzene rings is 1. The maximum Gasteiger partial charge on any atom is 0.122 e. The fraction of sp³-hybridized carbons (Fsp3) is 0.538. The Kier molecular flexibility index (Phi) is 5.19. The third kappa shape index (κ3) is 4.34. The molecule has 0 spiro atoms. The molecule has 0 aliphatic rings. The van der Waals surface area contributed by atoms with Crippen molar-refractivity contribution in [3.8, 4) is 5.75 Å². The summed E-state index contributed by atoms with van der Waals surface area (Å²) in [6.07, 6.45) is 1.06. The lowest BCUT2D eigenvalue weighted by Crippen LogP contribution is -2.16. The summed E-state index contributed by atoms with van der Waals surface area (Å²) in [5, 5.41) is 3.28. The minimum Gasteiger partial charge on any atom is -0.493 e. The first-order chi connectivity index (χ1) is 7.24. The number of rotatable bonds is 6. The minimum atomic E-state index is 0.789. The Bertz CT molecular complexity index is 297. The van der Waals surface area contributed by atoms with Crippen LogP contribution in [0.3, 0.4) is 0 Å². The Morgan fingerprint density at radius 2 is 2.07 bits per heavy atom. The van der Waals surface area contributed by atoms with Crippen LogP contribution in [0.25, 0.3) is 0 Å². The summed E-state index contributed by atoms with van der Waals surface area (Å²) in [5.41, 5.74) is 2.51. The molecule has 0 heterocycles. The quantitative estimate of drug-likeness (QED) is 0.724. The van der Waals surface area contributed by atoms with Crippen molar-refractivity contribution in [2.24, 2.45) is 0 Å². The molecular formula is C13H21NO. The van der Waals surface area contributed by atoms with Crippen LogP contribution in [0.2, 0.25) is 0 Å². The van der Waals surface area contributed by atoms with Gasteiger partial charge in [-0.05, 0) is 45.0 Å².